The van der Waals surface area contributed by atoms with E-state index in [9.17, 15) is 14.9 Å². The Morgan fingerprint density at radius 1 is 1.40 bits per heavy atom. The molecule has 0 aliphatic heterocycles. The molecule has 0 bridgehead atoms. The van der Waals surface area contributed by atoms with E-state index in [1.165, 1.54) is 24.3 Å². The number of hydrazine groups is 1. The van der Waals surface area contributed by atoms with Crippen molar-refractivity contribution in [2.75, 3.05) is 0 Å². The number of carbonyl (C=O) groups is 1. The quantitative estimate of drug-likeness (QED) is 0.249. The molecule has 0 aromatic heterocycles. The molecular formula is C9H9N3O3. The van der Waals surface area contributed by atoms with Gasteiger partial charge in [0.1, 0.15) is 0 Å². The predicted octanol–water partition coefficient (Wildman–Crippen LogP) is 0.598. The van der Waals surface area contributed by atoms with Crippen molar-refractivity contribution in [3.8, 4) is 0 Å². The fraction of sp³-hybridized carbons (Fsp3) is 0. The maximum atomic E-state index is 10.7. The van der Waals surface area contributed by atoms with Gasteiger partial charge in [-0.1, -0.05) is 0 Å². The molecule has 6 nitrogen and oxygen atoms in total. The van der Waals surface area contributed by atoms with Gasteiger partial charge in [-0.2, -0.15) is 0 Å². The van der Waals surface area contributed by atoms with Gasteiger partial charge in [0.2, 0.25) is 0 Å². The predicted molar refractivity (Wildman–Crippen MR) is 54.5 cm³/mol. The summed E-state index contributed by atoms with van der Waals surface area (Å²) in [6, 6.07) is 5.80. The number of amides is 1. The molecule has 0 aliphatic carbocycles. The van der Waals surface area contributed by atoms with E-state index in [1.54, 1.807) is 12.1 Å². The molecule has 0 spiro atoms. The summed E-state index contributed by atoms with van der Waals surface area (Å²) in [6.07, 6.45) is 2.74. The first-order valence-corrected chi connectivity index (χ1v) is 4.06. The average Bonchev–Trinajstić information content (AvgIpc) is 2.26. The minimum atomic E-state index is -0.486. The average molecular weight is 207 g/mol. The van der Waals surface area contributed by atoms with Crippen molar-refractivity contribution >= 4 is 17.7 Å². The zero-order valence-corrected chi connectivity index (χ0v) is 7.71. The van der Waals surface area contributed by atoms with E-state index < -0.39 is 10.8 Å². The number of hydrogen-bond donors (Lipinski definition) is 2. The minimum absolute atomic E-state index is 0.00965. The fourth-order valence-corrected chi connectivity index (χ4v) is 0.927. The summed E-state index contributed by atoms with van der Waals surface area (Å²) in [5, 5.41) is 10.3. The smallest absolute Gasteiger partial charge is 0.269 e. The molecule has 0 heterocycles. The number of carbonyl (C=O) groups excluding carboxylic acids is 1. The van der Waals surface area contributed by atoms with Crippen LogP contribution >= 0.6 is 0 Å². The van der Waals surface area contributed by atoms with Crippen LogP contribution in [0.4, 0.5) is 5.69 Å². The first kappa shape index (κ1) is 10.9. The van der Waals surface area contributed by atoms with Gasteiger partial charge in [-0.3, -0.25) is 20.3 Å². The molecule has 0 atom stereocenters. The van der Waals surface area contributed by atoms with Gasteiger partial charge in [0.05, 0.1) is 4.92 Å². The molecule has 1 rings (SSSR count). The third-order valence-corrected chi connectivity index (χ3v) is 1.67. The van der Waals surface area contributed by atoms with Crippen molar-refractivity contribution in [1.29, 1.82) is 0 Å². The largest absolute Gasteiger partial charge is 0.291 e. The highest BCUT2D eigenvalue weighted by molar-refractivity contribution is 5.91. The van der Waals surface area contributed by atoms with Crippen molar-refractivity contribution in [2.45, 2.75) is 0 Å². The summed E-state index contributed by atoms with van der Waals surface area (Å²) in [7, 11) is 0. The second-order valence-electron chi connectivity index (χ2n) is 2.69. The summed E-state index contributed by atoms with van der Waals surface area (Å²) in [5.74, 6) is 4.42. The molecule has 0 unspecified atom stereocenters. The van der Waals surface area contributed by atoms with Gasteiger partial charge in [-0.05, 0) is 23.8 Å². The fourth-order valence-electron chi connectivity index (χ4n) is 0.927. The van der Waals surface area contributed by atoms with Crippen molar-refractivity contribution in [3.05, 3.63) is 46.0 Å². The minimum Gasteiger partial charge on any atom is -0.291 e. The molecule has 1 aromatic carbocycles. The Labute approximate surface area is 85.5 Å². The van der Waals surface area contributed by atoms with Gasteiger partial charge in [0, 0.05) is 18.2 Å². The van der Waals surface area contributed by atoms with E-state index in [0.29, 0.717) is 5.56 Å². The Balaban J connectivity index is 2.77. The van der Waals surface area contributed by atoms with Gasteiger partial charge in [-0.15, -0.1) is 0 Å². The van der Waals surface area contributed by atoms with Gasteiger partial charge in [0.25, 0.3) is 11.6 Å². The van der Waals surface area contributed by atoms with Gasteiger partial charge >= 0.3 is 0 Å². The highest BCUT2D eigenvalue weighted by atomic mass is 16.6. The van der Waals surface area contributed by atoms with E-state index in [4.69, 9.17) is 5.84 Å². The first-order valence-electron chi connectivity index (χ1n) is 4.06. The number of hydrogen-bond acceptors (Lipinski definition) is 4. The van der Waals surface area contributed by atoms with Crippen LogP contribution in [0.15, 0.2) is 30.3 Å². The number of nitrogens with one attached hydrogen (secondary N) is 1. The summed E-state index contributed by atoms with van der Waals surface area (Å²) in [5.41, 5.74) is 2.62. The zero-order chi connectivity index (χ0) is 11.3. The standard InChI is InChI=1S/C9H9N3O3/c10-11-9(13)6-3-7-1-4-8(5-2-7)12(14)15/h1-6H,10H2,(H,11,13)/b6-3+. The Hall–Kier alpha value is -2.21. The van der Waals surface area contributed by atoms with Crippen LogP contribution in [-0.2, 0) is 4.79 Å². The number of non-ortho nitro benzene ring substituents is 1. The van der Waals surface area contributed by atoms with Gasteiger partial charge in [-0.25, -0.2) is 5.84 Å². The second kappa shape index (κ2) is 4.87. The van der Waals surface area contributed by atoms with E-state index in [1.807, 2.05) is 5.43 Å². The molecule has 6 heteroatoms. The maximum Gasteiger partial charge on any atom is 0.269 e. The van der Waals surface area contributed by atoms with Crippen molar-refractivity contribution in [2.24, 2.45) is 5.84 Å². The Bertz CT molecular complexity index is 398. The zero-order valence-electron chi connectivity index (χ0n) is 7.71. The third kappa shape index (κ3) is 3.20. The van der Waals surface area contributed by atoms with Gasteiger partial charge in [0.15, 0.2) is 0 Å². The molecule has 15 heavy (non-hydrogen) atoms. The molecule has 1 aromatic rings. The van der Waals surface area contributed by atoms with Crippen LogP contribution in [0.5, 0.6) is 0 Å². The molecule has 3 N–H and O–H groups in total. The van der Waals surface area contributed by atoms with Crippen molar-refractivity contribution in [3.63, 3.8) is 0 Å². The van der Waals surface area contributed by atoms with Crippen molar-refractivity contribution < 1.29 is 9.72 Å². The lowest BCUT2D eigenvalue weighted by atomic mass is 10.2. The number of nitro groups is 1. The van der Waals surface area contributed by atoms with Crippen molar-refractivity contribution in [1.82, 2.24) is 5.43 Å². The monoisotopic (exact) mass is 207 g/mol. The lowest BCUT2D eigenvalue weighted by molar-refractivity contribution is -0.384. The summed E-state index contributed by atoms with van der Waals surface area (Å²) >= 11 is 0. The van der Waals surface area contributed by atoms with Crippen LogP contribution in [0.3, 0.4) is 0 Å². The van der Waals surface area contributed by atoms with Crippen LogP contribution in [0.2, 0.25) is 0 Å². The van der Waals surface area contributed by atoms with Crippen LogP contribution in [0, 0.1) is 10.1 Å². The number of nitro benzene ring substituents is 1. The Kier molecular flexibility index (Phi) is 3.53. The summed E-state index contributed by atoms with van der Waals surface area (Å²) in [6.45, 7) is 0. The number of rotatable bonds is 3. The molecule has 1 amide bonds. The molecule has 78 valence electrons. The summed E-state index contributed by atoms with van der Waals surface area (Å²) in [4.78, 5) is 20.6. The lowest BCUT2D eigenvalue weighted by Crippen LogP contribution is -2.27. The highest BCUT2D eigenvalue weighted by Crippen LogP contribution is 2.12. The van der Waals surface area contributed by atoms with Crippen LogP contribution in [-0.4, -0.2) is 10.8 Å². The van der Waals surface area contributed by atoms with E-state index in [-0.39, 0.29) is 5.69 Å². The van der Waals surface area contributed by atoms with Crippen LogP contribution < -0.4 is 11.3 Å². The molecule has 0 aliphatic rings. The number of nitrogens with zero attached hydrogens (tertiary/aromatic N) is 1. The topological polar surface area (TPSA) is 98.3 Å². The van der Waals surface area contributed by atoms with E-state index in [0.717, 1.165) is 0 Å². The number of nitrogens with two attached hydrogens (primary N) is 1. The first-order chi connectivity index (χ1) is 7.13. The molecular weight excluding hydrogens is 198 g/mol. The maximum absolute atomic E-state index is 10.7. The second-order valence-corrected chi connectivity index (χ2v) is 2.69. The normalized spacial score (nSPS) is 10.2. The Morgan fingerprint density at radius 2 is 2.00 bits per heavy atom. The molecule has 0 saturated heterocycles. The van der Waals surface area contributed by atoms with E-state index in [2.05, 4.69) is 0 Å². The van der Waals surface area contributed by atoms with Crippen LogP contribution in [0.1, 0.15) is 5.56 Å². The molecule has 0 fully saturated rings. The number of benzene rings is 1. The lowest BCUT2D eigenvalue weighted by Gasteiger charge is -1.93. The highest BCUT2D eigenvalue weighted by Gasteiger charge is 2.02. The Morgan fingerprint density at radius 3 is 2.47 bits per heavy atom. The molecule has 0 saturated carbocycles. The third-order valence-electron chi connectivity index (χ3n) is 1.67. The van der Waals surface area contributed by atoms with E-state index >= 15 is 0 Å². The molecule has 0 radical (unpaired) electrons. The van der Waals surface area contributed by atoms with Crippen LogP contribution in [0.25, 0.3) is 6.08 Å². The summed E-state index contributed by atoms with van der Waals surface area (Å²) < 4.78 is 0. The van der Waals surface area contributed by atoms with Gasteiger partial charge < -0.3 is 0 Å². The SMILES string of the molecule is NNC(=O)/C=C/c1ccc([N+](=O)[O-])cc1.